The summed E-state index contributed by atoms with van der Waals surface area (Å²) in [6.07, 6.45) is 0.0546. The van der Waals surface area contributed by atoms with Crippen molar-refractivity contribution in [2.45, 2.75) is 6.36 Å². The van der Waals surface area contributed by atoms with E-state index >= 15 is 0 Å². The van der Waals surface area contributed by atoms with Gasteiger partial charge in [-0.2, -0.15) is 0 Å². The highest BCUT2D eigenvalue weighted by Gasteiger charge is 2.31. The van der Waals surface area contributed by atoms with Crippen LogP contribution in [0.1, 0.15) is 5.56 Å². The van der Waals surface area contributed by atoms with Crippen molar-refractivity contribution in [2.75, 3.05) is 0 Å². The molecule has 0 aliphatic heterocycles. The van der Waals surface area contributed by atoms with Crippen LogP contribution in [0.5, 0.6) is 5.75 Å². The van der Waals surface area contributed by atoms with E-state index in [2.05, 4.69) is 4.74 Å². The van der Waals surface area contributed by atoms with E-state index in [4.69, 9.17) is 6.42 Å². The predicted octanol–water partition coefficient (Wildman–Crippen LogP) is 2.71. The topological polar surface area (TPSA) is 9.23 Å². The molecule has 0 heterocycles. The van der Waals surface area contributed by atoms with Crippen LogP contribution in [0, 0.1) is 18.2 Å². The van der Waals surface area contributed by atoms with Crippen LogP contribution in [0.25, 0.3) is 0 Å². The van der Waals surface area contributed by atoms with Crippen molar-refractivity contribution in [3.05, 3.63) is 29.6 Å². The van der Waals surface area contributed by atoms with Gasteiger partial charge in [0.25, 0.3) is 0 Å². The normalized spacial score (nSPS) is 10.8. The first-order valence-corrected chi connectivity index (χ1v) is 3.44. The largest absolute Gasteiger partial charge is 0.573 e. The first-order chi connectivity index (χ1) is 6.42. The van der Waals surface area contributed by atoms with Gasteiger partial charge in [0.15, 0.2) is 0 Å². The molecule has 0 aliphatic rings. The van der Waals surface area contributed by atoms with E-state index in [1.54, 1.807) is 0 Å². The minimum atomic E-state index is -4.80. The van der Waals surface area contributed by atoms with Crippen LogP contribution in [-0.2, 0) is 0 Å². The Balaban J connectivity index is 2.97. The third-order valence-corrected chi connectivity index (χ3v) is 1.33. The van der Waals surface area contributed by atoms with Crippen molar-refractivity contribution < 1.29 is 22.3 Å². The quantitative estimate of drug-likeness (QED) is 0.504. The van der Waals surface area contributed by atoms with E-state index in [1.165, 1.54) is 0 Å². The zero-order valence-corrected chi connectivity index (χ0v) is 6.73. The van der Waals surface area contributed by atoms with Crippen molar-refractivity contribution in [1.29, 1.82) is 0 Å². The molecule has 0 spiro atoms. The second-order valence-electron chi connectivity index (χ2n) is 2.33. The summed E-state index contributed by atoms with van der Waals surface area (Å²) in [5.41, 5.74) is -0.272. The smallest absolute Gasteiger partial charge is 0.406 e. The third kappa shape index (κ3) is 2.66. The molecule has 1 aromatic carbocycles. The molecule has 0 saturated heterocycles. The zero-order chi connectivity index (χ0) is 10.8. The lowest BCUT2D eigenvalue weighted by Gasteiger charge is -2.08. The minimum Gasteiger partial charge on any atom is -0.406 e. The fraction of sp³-hybridized carbons (Fsp3) is 0.111. The van der Waals surface area contributed by atoms with Gasteiger partial charge < -0.3 is 4.74 Å². The highest BCUT2D eigenvalue weighted by Crippen LogP contribution is 2.24. The fourth-order valence-corrected chi connectivity index (χ4v) is 0.812. The molecular weight excluding hydrogens is 200 g/mol. The molecule has 5 heteroatoms. The second-order valence-corrected chi connectivity index (χ2v) is 2.33. The van der Waals surface area contributed by atoms with Crippen LogP contribution in [0.3, 0.4) is 0 Å². The van der Waals surface area contributed by atoms with Gasteiger partial charge in [-0.15, -0.1) is 19.6 Å². The summed E-state index contributed by atoms with van der Waals surface area (Å²) in [6, 6.07) is 2.47. The molecule has 0 unspecified atom stereocenters. The average molecular weight is 204 g/mol. The summed E-state index contributed by atoms with van der Waals surface area (Å²) in [7, 11) is 0. The molecule has 0 saturated carbocycles. The van der Waals surface area contributed by atoms with E-state index < -0.39 is 17.9 Å². The number of rotatable bonds is 1. The molecule has 0 bridgehead atoms. The average Bonchev–Trinajstić information content (AvgIpc) is 2.06. The first-order valence-electron chi connectivity index (χ1n) is 3.44. The Bertz CT molecular complexity index is 375. The highest BCUT2D eigenvalue weighted by molar-refractivity contribution is 5.39. The number of hydrogen-bond donors (Lipinski definition) is 0. The van der Waals surface area contributed by atoms with Gasteiger partial charge in [0.2, 0.25) is 0 Å². The Hall–Kier alpha value is -1.70. The Morgan fingerprint density at radius 3 is 2.43 bits per heavy atom. The number of alkyl halides is 3. The maximum atomic E-state index is 12.7. The Kier molecular flexibility index (Phi) is 2.65. The molecule has 0 aromatic heterocycles. The number of hydrogen-bond acceptors (Lipinski definition) is 1. The van der Waals surface area contributed by atoms with Crippen molar-refractivity contribution in [1.82, 2.24) is 0 Å². The zero-order valence-electron chi connectivity index (χ0n) is 6.73. The maximum Gasteiger partial charge on any atom is 0.573 e. The lowest BCUT2D eigenvalue weighted by atomic mass is 10.2. The Morgan fingerprint density at radius 2 is 1.93 bits per heavy atom. The number of halogens is 4. The Labute approximate surface area is 77.3 Å². The molecule has 0 fully saturated rings. The summed E-state index contributed by atoms with van der Waals surface area (Å²) in [5, 5.41) is 0. The minimum absolute atomic E-state index is 0.272. The number of ether oxygens (including phenoxy) is 1. The van der Waals surface area contributed by atoms with Crippen molar-refractivity contribution in [3.63, 3.8) is 0 Å². The van der Waals surface area contributed by atoms with E-state index in [0.717, 1.165) is 18.2 Å². The van der Waals surface area contributed by atoms with Crippen LogP contribution < -0.4 is 4.74 Å². The van der Waals surface area contributed by atoms with Gasteiger partial charge in [-0.3, -0.25) is 0 Å². The van der Waals surface area contributed by atoms with Crippen LogP contribution in [0.2, 0.25) is 0 Å². The molecule has 1 aromatic rings. The molecule has 74 valence electrons. The lowest BCUT2D eigenvalue weighted by molar-refractivity contribution is -0.274. The molecule has 1 rings (SSSR count). The molecule has 0 atom stereocenters. The molecular formula is C9H4F4O. The molecule has 0 amide bonds. The SMILES string of the molecule is C#Cc1cc(OC(F)(F)F)ccc1F. The molecule has 14 heavy (non-hydrogen) atoms. The summed E-state index contributed by atoms with van der Waals surface area (Å²) in [5.74, 6) is 0.602. The van der Waals surface area contributed by atoms with E-state index in [-0.39, 0.29) is 5.56 Å². The summed E-state index contributed by atoms with van der Waals surface area (Å²) in [4.78, 5) is 0. The van der Waals surface area contributed by atoms with Gasteiger partial charge in [-0.25, -0.2) is 4.39 Å². The van der Waals surface area contributed by atoms with Crippen molar-refractivity contribution in [3.8, 4) is 18.1 Å². The van der Waals surface area contributed by atoms with Crippen LogP contribution in [-0.4, -0.2) is 6.36 Å². The summed E-state index contributed by atoms with van der Waals surface area (Å²) >= 11 is 0. The summed E-state index contributed by atoms with van der Waals surface area (Å²) < 4.78 is 51.4. The molecule has 0 radical (unpaired) electrons. The van der Waals surface area contributed by atoms with E-state index in [9.17, 15) is 17.6 Å². The lowest BCUT2D eigenvalue weighted by Crippen LogP contribution is -2.17. The van der Waals surface area contributed by atoms with E-state index in [0.29, 0.717) is 0 Å². The Morgan fingerprint density at radius 1 is 1.29 bits per heavy atom. The number of benzene rings is 1. The molecule has 0 aliphatic carbocycles. The van der Waals surface area contributed by atoms with Gasteiger partial charge in [0.1, 0.15) is 11.6 Å². The maximum absolute atomic E-state index is 12.7. The highest BCUT2D eigenvalue weighted by atomic mass is 19.4. The molecule has 0 N–H and O–H groups in total. The monoisotopic (exact) mass is 204 g/mol. The van der Waals surface area contributed by atoms with Gasteiger partial charge >= 0.3 is 6.36 Å². The molecule has 1 nitrogen and oxygen atoms in total. The van der Waals surface area contributed by atoms with Gasteiger partial charge in [0.05, 0.1) is 5.56 Å². The standard InChI is InChI=1S/C9H4F4O/c1-2-6-5-7(3-4-8(6)10)14-9(11,12)13/h1,3-5H. The number of terminal acetylenes is 1. The van der Waals surface area contributed by atoms with Gasteiger partial charge in [-0.1, -0.05) is 5.92 Å². The van der Waals surface area contributed by atoms with Crippen molar-refractivity contribution in [2.24, 2.45) is 0 Å². The first kappa shape index (κ1) is 10.4. The van der Waals surface area contributed by atoms with Crippen molar-refractivity contribution >= 4 is 0 Å². The van der Waals surface area contributed by atoms with E-state index in [1.807, 2.05) is 5.92 Å². The van der Waals surface area contributed by atoms with Crippen LogP contribution in [0.15, 0.2) is 18.2 Å². The fourth-order valence-electron chi connectivity index (χ4n) is 0.812. The van der Waals surface area contributed by atoms with Crippen LogP contribution >= 0.6 is 0 Å². The van der Waals surface area contributed by atoms with Gasteiger partial charge in [0, 0.05) is 0 Å². The third-order valence-electron chi connectivity index (χ3n) is 1.33. The predicted molar refractivity (Wildman–Crippen MR) is 41.0 cm³/mol. The van der Waals surface area contributed by atoms with Gasteiger partial charge in [-0.05, 0) is 18.2 Å². The second kappa shape index (κ2) is 3.58. The summed E-state index contributed by atoms with van der Waals surface area (Å²) in [6.45, 7) is 0. The van der Waals surface area contributed by atoms with Crippen LogP contribution in [0.4, 0.5) is 17.6 Å².